The molecule has 0 N–H and O–H groups in total. The van der Waals surface area contributed by atoms with Crippen LogP contribution in [0.15, 0.2) is 41.8 Å². The number of nitrogens with zero attached hydrogens (tertiary/aromatic N) is 5. The number of aromatic nitrogens is 4. The number of rotatable bonds is 3. The van der Waals surface area contributed by atoms with Gasteiger partial charge in [0.25, 0.3) is 0 Å². The van der Waals surface area contributed by atoms with Crippen LogP contribution in [0.4, 0.5) is 5.69 Å². The van der Waals surface area contributed by atoms with Crippen LogP contribution in [-0.2, 0) is 0 Å². The Balaban J connectivity index is 1.96. The second-order valence-electron chi connectivity index (χ2n) is 4.38. The molecule has 104 valence electrons. The molecule has 0 atom stereocenters. The minimum Gasteiger partial charge on any atom is -0.494 e. The van der Waals surface area contributed by atoms with Crippen molar-refractivity contribution in [1.82, 2.24) is 19.9 Å². The number of hydrogen-bond acceptors (Lipinski definition) is 6. The van der Waals surface area contributed by atoms with Crippen LogP contribution in [0.5, 0.6) is 5.75 Å². The Morgan fingerprint density at radius 1 is 1.14 bits per heavy atom. The summed E-state index contributed by atoms with van der Waals surface area (Å²) >= 11 is 0. The smallest absolute Gasteiger partial charge is 0.181 e. The lowest BCUT2D eigenvalue weighted by Crippen LogP contribution is -1.96. The molecule has 3 aromatic rings. The Bertz CT molecular complexity index is 816. The van der Waals surface area contributed by atoms with Crippen molar-refractivity contribution < 1.29 is 4.74 Å². The predicted octanol–water partition coefficient (Wildman–Crippen LogP) is 2.49. The van der Waals surface area contributed by atoms with Crippen LogP contribution in [0.3, 0.4) is 0 Å². The van der Waals surface area contributed by atoms with Gasteiger partial charge in [-0.1, -0.05) is 12.1 Å². The first-order chi connectivity index (χ1) is 10.3. The van der Waals surface area contributed by atoms with E-state index < -0.39 is 0 Å². The van der Waals surface area contributed by atoms with Gasteiger partial charge in [-0.25, -0.2) is 24.9 Å². The van der Waals surface area contributed by atoms with Gasteiger partial charge >= 0.3 is 0 Å². The molecule has 6 heteroatoms. The van der Waals surface area contributed by atoms with Crippen LogP contribution < -0.4 is 4.74 Å². The number of benzene rings is 1. The van der Waals surface area contributed by atoms with E-state index in [1.165, 1.54) is 0 Å². The number of aryl methyl sites for hydroxylation is 1. The molecule has 0 aliphatic carbocycles. The van der Waals surface area contributed by atoms with Gasteiger partial charge in [-0.3, -0.25) is 0 Å². The highest BCUT2D eigenvalue weighted by Gasteiger charge is 2.04. The van der Waals surface area contributed by atoms with Gasteiger partial charge in [-0.15, -0.1) is 0 Å². The monoisotopic (exact) mass is 279 g/mol. The van der Waals surface area contributed by atoms with E-state index in [9.17, 15) is 0 Å². The van der Waals surface area contributed by atoms with Crippen molar-refractivity contribution >= 4 is 23.1 Å². The van der Waals surface area contributed by atoms with E-state index in [1.807, 2.05) is 25.1 Å². The molecule has 0 aliphatic heterocycles. The van der Waals surface area contributed by atoms with Crippen molar-refractivity contribution in [2.24, 2.45) is 4.99 Å². The van der Waals surface area contributed by atoms with Gasteiger partial charge in [0.2, 0.25) is 0 Å². The summed E-state index contributed by atoms with van der Waals surface area (Å²) in [5, 5.41) is 0. The average Bonchev–Trinajstić information content (AvgIpc) is 2.52. The van der Waals surface area contributed by atoms with Crippen LogP contribution in [0.2, 0.25) is 0 Å². The molecule has 6 nitrogen and oxygen atoms in total. The number of para-hydroxylation sites is 1. The lowest BCUT2D eigenvalue weighted by molar-refractivity contribution is 0.413. The number of hydrogen-bond donors (Lipinski definition) is 0. The SMILES string of the molecule is COc1c(C)cccc1/N=C\c1ncc2nccnc2n1. The fourth-order valence-corrected chi connectivity index (χ4v) is 1.98. The normalized spacial score (nSPS) is 11.1. The van der Waals surface area contributed by atoms with Crippen molar-refractivity contribution in [2.45, 2.75) is 6.92 Å². The van der Waals surface area contributed by atoms with Gasteiger partial charge in [0.15, 0.2) is 11.5 Å². The van der Waals surface area contributed by atoms with E-state index in [1.54, 1.807) is 31.9 Å². The van der Waals surface area contributed by atoms with E-state index in [0.29, 0.717) is 17.0 Å². The van der Waals surface area contributed by atoms with Crippen molar-refractivity contribution in [2.75, 3.05) is 7.11 Å². The quantitative estimate of drug-likeness (QED) is 0.689. The van der Waals surface area contributed by atoms with Gasteiger partial charge in [0.05, 0.1) is 19.5 Å². The molecule has 0 unspecified atom stereocenters. The largest absolute Gasteiger partial charge is 0.494 e. The highest BCUT2D eigenvalue weighted by molar-refractivity contribution is 5.81. The van der Waals surface area contributed by atoms with Crippen LogP contribution in [0.25, 0.3) is 11.2 Å². The summed E-state index contributed by atoms with van der Waals surface area (Å²) in [5.74, 6) is 1.22. The summed E-state index contributed by atoms with van der Waals surface area (Å²) in [6, 6.07) is 5.78. The van der Waals surface area contributed by atoms with Gasteiger partial charge in [0, 0.05) is 12.4 Å². The topological polar surface area (TPSA) is 73.2 Å². The van der Waals surface area contributed by atoms with Crippen molar-refractivity contribution in [1.29, 1.82) is 0 Å². The molecule has 3 rings (SSSR count). The number of ether oxygens (including phenoxy) is 1. The number of aliphatic imine (C=N–C) groups is 1. The Kier molecular flexibility index (Phi) is 3.51. The molecular formula is C15H13N5O. The standard InChI is InChI=1S/C15H13N5O/c1-10-4-3-5-11(14(10)21-2)18-9-13-19-8-12-15(20-13)17-7-6-16-12/h3-9H,1-2H3/b18-9-. The van der Waals surface area contributed by atoms with Crippen LogP contribution in [0.1, 0.15) is 11.4 Å². The van der Waals surface area contributed by atoms with Crippen LogP contribution in [-0.4, -0.2) is 33.3 Å². The molecule has 21 heavy (non-hydrogen) atoms. The highest BCUT2D eigenvalue weighted by Crippen LogP contribution is 2.30. The summed E-state index contributed by atoms with van der Waals surface area (Å²) in [6.45, 7) is 1.97. The summed E-state index contributed by atoms with van der Waals surface area (Å²) in [4.78, 5) is 21.2. The molecule has 0 radical (unpaired) electrons. The maximum Gasteiger partial charge on any atom is 0.181 e. The third-order valence-corrected chi connectivity index (χ3v) is 2.96. The maximum absolute atomic E-state index is 5.36. The molecule has 2 aromatic heterocycles. The zero-order chi connectivity index (χ0) is 14.7. The number of fused-ring (bicyclic) bond motifs is 1. The zero-order valence-corrected chi connectivity index (χ0v) is 11.7. The van der Waals surface area contributed by atoms with Crippen LogP contribution >= 0.6 is 0 Å². The fraction of sp³-hybridized carbons (Fsp3) is 0.133. The first-order valence-electron chi connectivity index (χ1n) is 6.39. The molecule has 1 aromatic carbocycles. The maximum atomic E-state index is 5.36. The van der Waals surface area contributed by atoms with Gasteiger partial charge < -0.3 is 4.74 Å². The van der Waals surface area contributed by atoms with Crippen molar-refractivity contribution in [3.63, 3.8) is 0 Å². The first-order valence-corrected chi connectivity index (χ1v) is 6.39. The van der Waals surface area contributed by atoms with Gasteiger partial charge in [-0.2, -0.15) is 0 Å². The zero-order valence-electron chi connectivity index (χ0n) is 11.7. The Morgan fingerprint density at radius 3 is 2.86 bits per heavy atom. The molecule has 0 bridgehead atoms. The summed E-state index contributed by atoms with van der Waals surface area (Å²) < 4.78 is 5.36. The predicted molar refractivity (Wildman–Crippen MR) is 80.1 cm³/mol. The summed E-state index contributed by atoms with van der Waals surface area (Å²) in [7, 11) is 1.63. The van der Waals surface area contributed by atoms with Crippen molar-refractivity contribution in [3.05, 3.63) is 48.2 Å². The minimum absolute atomic E-state index is 0.478. The van der Waals surface area contributed by atoms with E-state index >= 15 is 0 Å². The molecular weight excluding hydrogens is 266 g/mol. The first kappa shape index (κ1) is 13.1. The summed E-state index contributed by atoms with van der Waals surface area (Å²) in [5.41, 5.74) is 2.96. The van der Waals surface area contributed by atoms with Crippen molar-refractivity contribution in [3.8, 4) is 5.75 Å². The fourth-order valence-electron chi connectivity index (χ4n) is 1.98. The molecule has 0 spiro atoms. The van der Waals surface area contributed by atoms with E-state index in [2.05, 4.69) is 24.9 Å². The Morgan fingerprint density at radius 2 is 2.00 bits per heavy atom. The van der Waals surface area contributed by atoms with Crippen LogP contribution in [0, 0.1) is 6.92 Å². The van der Waals surface area contributed by atoms with E-state index in [-0.39, 0.29) is 0 Å². The summed E-state index contributed by atoms with van der Waals surface area (Å²) in [6.07, 6.45) is 6.42. The molecule has 0 fully saturated rings. The minimum atomic E-state index is 0.478. The highest BCUT2D eigenvalue weighted by atomic mass is 16.5. The van der Waals surface area contributed by atoms with Gasteiger partial charge in [-0.05, 0) is 18.6 Å². The second kappa shape index (κ2) is 5.62. The molecule has 0 amide bonds. The lowest BCUT2D eigenvalue weighted by Gasteiger charge is -2.06. The molecule has 0 aliphatic rings. The van der Waals surface area contributed by atoms with E-state index in [4.69, 9.17) is 4.74 Å². The van der Waals surface area contributed by atoms with E-state index in [0.717, 1.165) is 17.0 Å². The third-order valence-electron chi connectivity index (χ3n) is 2.96. The molecule has 0 saturated heterocycles. The average molecular weight is 279 g/mol. The second-order valence-corrected chi connectivity index (χ2v) is 4.38. The Hall–Kier alpha value is -2.89. The van der Waals surface area contributed by atoms with Gasteiger partial charge in [0.1, 0.15) is 17.0 Å². The third kappa shape index (κ3) is 2.69. The lowest BCUT2D eigenvalue weighted by atomic mass is 10.2. The Labute approximate surface area is 121 Å². The number of methoxy groups -OCH3 is 1. The molecule has 2 heterocycles. The molecule has 0 saturated carbocycles.